The summed E-state index contributed by atoms with van der Waals surface area (Å²) in [5.41, 5.74) is 1.76. The number of halogens is 1. The van der Waals surface area contributed by atoms with Crippen LogP contribution in [0.4, 0.5) is 10.8 Å². The lowest BCUT2D eigenvalue weighted by molar-refractivity contribution is 0.475. The van der Waals surface area contributed by atoms with Gasteiger partial charge >= 0.3 is 0 Å². The number of benzene rings is 1. The maximum Gasteiger partial charge on any atom is 0.187 e. The Morgan fingerprint density at radius 2 is 2.07 bits per heavy atom. The lowest BCUT2D eigenvalue weighted by Crippen LogP contribution is -1.89. The predicted octanol–water partition coefficient (Wildman–Crippen LogP) is 3.33. The van der Waals surface area contributed by atoms with Crippen LogP contribution in [0.25, 0.3) is 0 Å². The highest BCUT2D eigenvalue weighted by atomic mass is 35.5. The summed E-state index contributed by atoms with van der Waals surface area (Å²) >= 11 is 7.15. The molecule has 78 valence electrons. The highest BCUT2D eigenvalue weighted by Gasteiger charge is 2.00. The molecule has 1 aromatic heterocycles. The average molecular weight is 241 g/mol. The zero-order valence-electron chi connectivity index (χ0n) is 7.77. The number of phenols is 1. The van der Waals surface area contributed by atoms with Crippen LogP contribution in [-0.2, 0) is 5.88 Å². The molecule has 2 N–H and O–H groups in total. The lowest BCUT2D eigenvalue weighted by atomic mass is 10.3. The first kappa shape index (κ1) is 10.3. The number of hydrogen-bond donors (Lipinski definition) is 2. The second-order valence-corrected chi connectivity index (χ2v) is 4.07. The van der Waals surface area contributed by atoms with E-state index in [2.05, 4.69) is 10.3 Å². The molecule has 0 unspecified atom stereocenters. The van der Waals surface area contributed by atoms with Gasteiger partial charge in [-0.2, -0.15) is 0 Å². The summed E-state index contributed by atoms with van der Waals surface area (Å²) in [7, 11) is 0. The molecule has 15 heavy (non-hydrogen) atoms. The van der Waals surface area contributed by atoms with Crippen LogP contribution in [0, 0.1) is 0 Å². The summed E-state index contributed by atoms with van der Waals surface area (Å²) in [6.45, 7) is 0. The Balaban J connectivity index is 2.11. The Bertz CT molecular complexity index is 441. The van der Waals surface area contributed by atoms with E-state index in [4.69, 9.17) is 16.7 Å². The minimum atomic E-state index is 0.251. The Labute approximate surface area is 96.4 Å². The van der Waals surface area contributed by atoms with E-state index in [0.717, 1.165) is 16.5 Å². The summed E-state index contributed by atoms with van der Waals surface area (Å²) in [6, 6.07) is 6.82. The highest BCUT2D eigenvalue weighted by molar-refractivity contribution is 7.13. The van der Waals surface area contributed by atoms with Crippen LogP contribution in [0.15, 0.2) is 29.6 Å². The van der Waals surface area contributed by atoms with Gasteiger partial charge in [-0.3, -0.25) is 0 Å². The van der Waals surface area contributed by atoms with Crippen molar-refractivity contribution in [2.45, 2.75) is 5.88 Å². The van der Waals surface area contributed by atoms with E-state index in [-0.39, 0.29) is 5.75 Å². The van der Waals surface area contributed by atoms with Gasteiger partial charge in [0.25, 0.3) is 0 Å². The maximum atomic E-state index is 9.11. The van der Waals surface area contributed by atoms with E-state index in [1.54, 1.807) is 24.3 Å². The fraction of sp³-hybridized carbons (Fsp3) is 0.100. The number of rotatable bonds is 3. The first-order valence-electron chi connectivity index (χ1n) is 4.34. The first-order valence-corrected chi connectivity index (χ1v) is 5.76. The number of hydrogen-bond acceptors (Lipinski definition) is 4. The molecule has 0 aliphatic carbocycles. The van der Waals surface area contributed by atoms with Gasteiger partial charge in [0.1, 0.15) is 5.75 Å². The van der Waals surface area contributed by atoms with Crippen molar-refractivity contribution in [3.8, 4) is 5.75 Å². The van der Waals surface area contributed by atoms with Gasteiger partial charge in [0.15, 0.2) is 5.13 Å². The molecule has 0 aliphatic rings. The van der Waals surface area contributed by atoms with Gasteiger partial charge < -0.3 is 10.4 Å². The van der Waals surface area contributed by atoms with Gasteiger partial charge in [-0.15, -0.1) is 22.9 Å². The van der Waals surface area contributed by atoms with Crippen LogP contribution in [0.5, 0.6) is 5.75 Å². The monoisotopic (exact) mass is 240 g/mol. The van der Waals surface area contributed by atoms with Crippen LogP contribution in [0.2, 0.25) is 0 Å². The number of phenolic OH excluding ortho intramolecular Hbond substituents is 1. The van der Waals surface area contributed by atoms with Crippen LogP contribution in [0.1, 0.15) is 5.69 Å². The molecule has 3 nitrogen and oxygen atoms in total. The Hall–Kier alpha value is -1.26. The van der Waals surface area contributed by atoms with Gasteiger partial charge in [-0.25, -0.2) is 4.98 Å². The Morgan fingerprint density at radius 1 is 1.33 bits per heavy atom. The molecular weight excluding hydrogens is 232 g/mol. The van der Waals surface area contributed by atoms with Crippen molar-refractivity contribution in [1.82, 2.24) is 4.98 Å². The smallest absolute Gasteiger partial charge is 0.187 e. The standard InChI is InChI=1S/C10H9ClN2OS/c11-5-8-6-15-10(13-8)12-7-1-3-9(14)4-2-7/h1-4,6,14H,5H2,(H,12,13). The van der Waals surface area contributed by atoms with Crippen LogP contribution in [0.3, 0.4) is 0 Å². The van der Waals surface area contributed by atoms with E-state index in [0.29, 0.717) is 5.88 Å². The summed E-state index contributed by atoms with van der Waals surface area (Å²) in [5.74, 6) is 0.675. The van der Waals surface area contributed by atoms with E-state index < -0.39 is 0 Å². The molecule has 1 aromatic carbocycles. The molecule has 0 amide bonds. The van der Waals surface area contributed by atoms with Crippen molar-refractivity contribution in [2.75, 3.05) is 5.32 Å². The SMILES string of the molecule is Oc1ccc(Nc2nc(CCl)cs2)cc1. The third-order valence-electron chi connectivity index (χ3n) is 1.81. The van der Waals surface area contributed by atoms with E-state index in [1.165, 1.54) is 11.3 Å². The number of aromatic nitrogens is 1. The third kappa shape index (κ3) is 2.61. The average Bonchev–Trinajstić information content (AvgIpc) is 2.69. The Kier molecular flexibility index (Phi) is 3.08. The number of nitrogens with zero attached hydrogens (tertiary/aromatic N) is 1. The topological polar surface area (TPSA) is 45.1 Å². The van der Waals surface area contributed by atoms with Crippen molar-refractivity contribution in [1.29, 1.82) is 0 Å². The molecule has 2 aromatic rings. The molecule has 5 heteroatoms. The summed E-state index contributed by atoms with van der Waals surface area (Å²) in [6.07, 6.45) is 0. The number of thiazole rings is 1. The van der Waals surface area contributed by atoms with Gasteiger partial charge in [-0.1, -0.05) is 0 Å². The largest absolute Gasteiger partial charge is 0.508 e. The molecule has 0 fully saturated rings. The molecule has 0 aliphatic heterocycles. The maximum absolute atomic E-state index is 9.11. The quantitative estimate of drug-likeness (QED) is 0.639. The molecule has 0 spiro atoms. The zero-order valence-corrected chi connectivity index (χ0v) is 9.35. The van der Waals surface area contributed by atoms with Crippen LogP contribution in [-0.4, -0.2) is 10.1 Å². The van der Waals surface area contributed by atoms with Crippen molar-refractivity contribution in [3.63, 3.8) is 0 Å². The number of alkyl halides is 1. The number of nitrogens with one attached hydrogen (secondary N) is 1. The highest BCUT2D eigenvalue weighted by Crippen LogP contribution is 2.22. The van der Waals surface area contributed by atoms with Gasteiger partial charge in [0.05, 0.1) is 11.6 Å². The summed E-state index contributed by atoms with van der Waals surface area (Å²) < 4.78 is 0. The van der Waals surface area contributed by atoms with Crippen LogP contribution < -0.4 is 5.32 Å². The first-order chi connectivity index (χ1) is 7.28. The lowest BCUT2D eigenvalue weighted by Gasteiger charge is -2.01. The zero-order chi connectivity index (χ0) is 10.7. The second-order valence-electron chi connectivity index (χ2n) is 2.95. The number of anilines is 2. The molecule has 0 radical (unpaired) electrons. The van der Waals surface area contributed by atoms with Crippen molar-refractivity contribution in [2.24, 2.45) is 0 Å². The van der Waals surface area contributed by atoms with E-state index in [1.807, 2.05) is 5.38 Å². The fourth-order valence-electron chi connectivity index (χ4n) is 1.09. The third-order valence-corrected chi connectivity index (χ3v) is 2.89. The van der Waals surface area contributed by atoms with Gasteiger partial charge in [0, 0.05) is 11.1 Å². The molecule has 1 heterocycles. The molecule has 0 bridgehead atoms. The molecule has 0 saturated carbocycles. The van der Waals surface area contributed by atoms with Crippen molar-refractivity contribution >= 4 is 33.8 Å². The fourth-order valence-corrected chi connectivity index (χ4v) is 2.05. The van der Waals surface area contributed by atoms with Crippen LogP contribution >= 0.6 is 22.9 Å². The number of aromatic hydroxyl groups is 1. The predicted molar refractivity (Wildman–Crippen MR) is 63.1 cm³/mol. The second kappa shape index (κ2) is 4.51. The molecule has 0 atom stereocenters. The van der Waals surface area contributed by atoms with Crippen molar-refractivity contribution in [3.05, 3.63) is 35.3 Å². The molecule has 0 saturated heterocycles. The van der Waals surface area contributed by atoms with Gasteiger partial charge in [0.2, 0.25) is 0 Å². The van der Waals surface area contributed by atoms with E-state index in [9.17, 15) is 0 Å². The Morgan fingerprint density at radius 3 is 2.67 bits per heavy atom. The normalized spacial score (nSPS) is 10.2. The summed E-state index contributed by atoms with van der Waals surface area (Å²) in [5, 5.41) is 14.9. The molecule has 2 rings (SSSR count). The van der Waals surface area contributed by atoms with Crippen molar-refractivity contribution < 1.29 is 5.11 Å². The van der Waals surface area contributed by atoms with E-state index >= 15 is 0 Å². The molecular formula is C10H9ClN2OS. The summed E-state index contributed by atoms with van der Waals surface area (Å²) in [4.78, 5) is 4.26. The van der Waals surface area contributed by atoms with Gasteiger partial charge in [-0.05, 0) is 24.3 Å². The minimum Gasteiger partial charge on any atom is -0.508 e. The minimum absolute atomic E-state index is 0.251.